The van der Waals surface area contributed by atoms with Gasteiger partial charge in [0.1, 0.15) is 5.75 Å². The van der Waals surface area contributed by atoms with Crippen molar-refractivity contribution in [3.05, 3.63) is 29.8 Å². The van der Waals surface area contributed by atoms with Gasteiger partial charge in [0.2, 0.25) is 0 Å². The minimum Gasteiger partial charge on any atom is -0.508 e. The molecule has 1 aromatic carbocycles. The van der Waals surface area contributed by atoms with Gasteiger partial charge in [-0.05, 0) is 45.0 Å². The van der Waals surface area contributed by atoms with Gasteiger partial charge in [0, 0.05) is 32.2 Å². The van der Waals surface area contributed by atoms with Crippen molar-refractivity contribution in [1.82, 2.24) is 14.7 Å². The molecule has 0 unspecified atom stereocenters. The first-order valence-corrected chi connectivity index (χ1v) is 7.07. The van der Waals surface area contributed by atoms with Crippen LogP contribution >= 0.6 is 0 Å². The molecule has 0 saturated carbocycles. The Hall–Kier alpha value is -2.24. The predicted molar refractivity (Wildman–Crippen MR) is 85.7 cm³/mol. The number of carbonyl (C=O) groups is 2. The SMILES string of the molecule is CN(C)C(=O)N(C)CN(C(=O)c1ccc(O)cc1)C(C)(C)C. The fourth-order valence-electron chi connectivity index (χ4n) is 1.95. The summed E-state index contributed by atoms with van der Waals surface area (Å²) in [7, 11) is 5.00. The molecule has 0 aliphatic heterocycles. The summed E-state index contributed by atoms with van der Waals surface area (Å²) in [5.41, 5.74) is 0.0222. The van der Waals surface area contributed by atoms with Gasteiger partial charge in [0.25, 0.3) is 5.91 Å². The molecule has 6 nitrogen and oxygen atoms in total. The molecule has 0 saturated heterocycles. The number of phenolic OH excluding ortho intramolecular Hbond substituents is 1. The van der Waals surface area contributed by atoms with Crippen LogP contribution in [-0.2, 0) is 0 Å². The number of hydrogen-bond acceptors (Lipinski definition) is 3. The van der Waals surface area contributed by atoms with E-state index < -0.39 is 5.54 Å². The van der Waals surface area contributed by atoms with Gasteiger partial charge in [-0.3, -0.25) is 4.79 Å². The van der Waals surface area contributed by atoms with Crippen LogP contribution in [0.25, 0.3) is 0 Å². The minimum absolute atomic E-state index is 0.110. The predicted octanol–water partition coefficient (Wildman–Crippen LogP) is 2.20. The van der Waals surface area contributed by atoms with E-state index in [-0.39, 0.29) is 24.4 Å². The molecule has 0 bridgehead atoms. The second-order valence-electron chi connectivity index (χ2n) is 6.47. The Morgan fingerprint density at radius 3 is 1.95 bits per heavy atom. The second kappa shape index (κ2) is 6.68. The Morgan fingerprint density at radius 2 is 1.55 bits per heavy atom. The Kier molecular flexibility index (Phi) is 5.41. The fraction of sp³-hybridized carbons (Fsp3) is 0.500. The van der Waals surface area contributed by atoms with Crippen molar-refractivity contribution in [2.75, 3.05) is 27.8 Å². The summed E-state index contributed by atoms with van der Waals surface area (Å²) in [6.07, 6.45) is 0. The van der Waals surface area contributed by atoms with Crippen molar-refractivity contribution >= 4 is 11.9 Å². The highest BCUT2D eigenvalue weighted by atomic mass is 16.3. The number of nitrogens with zero attached hydrogens (tertiary/aromatic N) is 3. The molecule has 22 heavy (non-hydrogen) atoms. The number of urea groups is 1. The normalized spacial score (nSPS) is 11.0. The molecule has 6 heteroatoms. The smallest absolute Gasteiger partial charge is 0.320 e. The first-order chi connectivity index (χ1) is 10.0. The van der Waals surface area contributed by atoms with Gasteiger partial charge in [-0.15, -0.1) is 0 Å². The monoisotopic (exact) mass is 307 g/mol. The molecule has 0 spiro atoms. The van der Waals surface area contributed by atoms with Crippen molar-refractivity contribution in [2.45, 2.75) is 26.3 Å². The Labute approximate surface area is 131 Å². The van der Waals surface area contributed by atoms with Crippen LogP contribution in [0.4, 0.5) is 4.79 Å². The molecule has 0 aliphatic rings. The van der Waals surface area contributed by atoms with Gasteiger partial charge in [0.15, 0.2) is 0 Å². The molecule has 3 amide bonds. The lowest BCUT2D eigenvalue weighted by Crippen LogP contribution is -2.52. The van der Waals surface area contributed by atoms with E-state index in [1.54, 1.807) is 38.2 Å². The summed E-state index contributed by atoms with van der Waals surface area (Å²) in [4.78, 5) is 29.3. The van der Waals surface area contributed by atoms with E-state index in [1.165, 1.54) is 21.9 Å². The zero-order chi connectivity index (χ0) is 17.1. The van der Waals surface area contributed by atoms with Gasteiger partial charge >= 0.3 is 6.03 Å². The van der Waals surface area contributed by atoms with E-state index in [9.17, 15) is 14.7 Å². The average molecular weight is 307 g/mol. The van der Waals surface area contributed by atoms with E-state index in [0.29, 0.717) is 5.56 Å². The molecular weight excluding hydrogens is 282 g/mol. The first kappa shape index (κ1) is 17.8. The van der Waals surface area contributed by atoms with Crippen molar-refractivity contribution in [3.8, 4) is 5.75 Å². The Bertz CT molecular complexity index is 533. The summed E-state index contributed by atoms with van der Waals surface area (Å²) in [5.74, 6) is -0.0790. The molecule has 0 aliphatic carbocycles. The molecular formula is C16H25N3O3. The molecule has 0 aromatic heterocycles. The quantitative estimate of drug-likeness (QED) is 0.871. The third-order valence-electron chi connectivity index (χ3n) is 3.23. The number of benzene rings is 1. The van der Waals surface area contributed by atoms with Crippen LogP contribution in [0, 0.1) is 0 Å². The van der Waals surface area contributed by atoms with E-state index in [4.69, 9.17) is 0 Å². The summed E-state index contributed by atoms with van der Waals surface area (Å²) in [5, 5.41) is 9.33. The number of aromatic hydroxyl groups is 1. The van der Waals surface area contributed by atoms with Crippen LogP contribution in [0.3, 0.4) is 0 Å². The highest BCUT2D eigenvalue weighted by Crippen LogP contribution is 2.19. The van der Waals surface area contributed by atoms with Crippen LogP contribution in [0.1, 0.15) is 31.1 Å². The molecule has 0 fully saturated rings. The third-order valence-corrected chi connectivity index (χ3v) is 3.23. The maximum atomic E-state index is 12.7. The van der Waals surface area contributed by atoms with Gasteiger partial charge in [-0.1, -0.05) is 0 Å². The van der Waals surface area contributed by atoms with E-state index in [1.807, 2.05) is 20.8 Å². The van der Waals surface area contributed by atoms with Crippen molar-refractivity contribution in [2.24, 2.45) is 0 Å². The van der Waals surface area contributed by atoms with Crippen LogP contribution < -0.4 is 0 Å². The third kappa shape index (κ3) is 4.38. The maximum absolute atomic E-state index is 12.7. The Balaban J connectivity index is 3.01. The van der Waals surface area contributed by atoms with Crippen LogP contribution in [0.5, 0.6) is 5.75 Å². The number of amides is 3. The lowest BCUT2D eigenvalue weighted by Gasteiger charge is -2.39. The molecule has 0 atom stereocenters. The lowest BCUT2D eigenvalue weighted by molar-refractivity contribution is 0.0439. The van der Waals surface area contributed by atoms with Crippen LogP contribution in [0.2, 0.25) is 0 Å². The molecule has 1 aromatic rings. The Morgan fingerprint density at radius 1 is 1.05 bits per heavy atom. The standard InChI is InChI=1S/C16H25N3O3/c1-16(2,3)19(11-18(6)15(22)17(4)5)14(21)12-7-9-13(20)10-8-12/h7-10,20H,11H2,1-6H3. The molecule has 0 heterocycles. The summed E-state index contributed by atoms with van der Waals surface area (Å²) < 4.78 is 0. The fourth-order valence-corrected chi connectivity index (χ4v) is 1.95. The summed E-state index contributed by atoms with van der Waals surface area (Å²) in [6.45, 7) is 5.93. The van der Waals surface area contributed by atoms with Crippen molar-refractivity contribution in [3.63, 3.8) is 0 Å². The lowest BCUT2D eigenvalue weighted by atomic mass is 10.0. The topological polar surface area (TPSA) is 64.1 Å². The number of phenols is 1. The van der Waals surface area contributed by atoms with Gasteiger partial charge in [-0.25, -0.2) is 4.79 Å². The zero-order valence-corrected chi connectivity index (χ0v) is 14.1. The van der Waals surface area contributed by atoms with E-state index in [2.05, 4.69) is 0 Å². The maximum Gasteiger partial charge on any atom is 0.320 e. The average Bonchev–Trinajstić information content (AvgIpc) is 2.42. The highest BCUT2D eigenvalue weighted by molar-refractivity contribution is 5.95. The van der Waals surface area contributed by atoms with Gasteiger partial charge < -0.3 is 19.8 Å². The summed E-state index contributed by atoms with van der Waals surface area (Å²) >= 11 is 0. The molecule has 0 radical (unpaired) electrons. The molecule has 1 rings (SSSR count). The number of rotatable bonds is 3. The van der Waals surface area contributed by atoms with E-state index in [0.717, 1.165) is 0 Å². The van der Waals surface area contributed by atoms with Crippen LogP contribution in [-0.4, -0.2) is 65.1 Å². The summed E-state index contributed by atoms with van der Waals surface area (Å²) in [6, 6.07) is 5.92. The number of hydrogen-bond donors (Lipinski definition) is 1. The molecule has 1 N–H and O–H groups in total. The zero-order valence-electron chi connectivity index (χ0n) is 14.1. The van der Waals surface area contributed by atoms with Crippen LogP contribution in [0.15, 0.2) is 24.3 Å². The largest absolute Gasteiger partial charge is 0.508 e. The van der Waals surface area contributed by atoms with Gasteiger partial charge in [0.05, 0.1) is 6.67 Å². The second-order valence-corrected chi connectivity index (χ2v) is 6.47. The highest BCUT2D eigenvalue weighted by Gasteiger charge is 2.29. The molecule has 122 valence electrons. The first-order valence-electron chi connectivity index (χ1n) is 7.07. The van der Waals surface area contributed by atoms with Crippen molar-refractivity contribution < 1.29 is 14.7 Å². The number of carbonyl (C=O) groups excluding carboxylic acids is 2. The minimum atomic E-state index is -0.449. The van der Waals surface area contributed by atoms with Gasteiger partial charge in [-0.2, -0.15) is 0 Å². The van der Waals surface area contributed by atoms with Crippen molar-refractivity contribution in [1.29, 1.82) is 0 Å². The van der Waals surface area contributed by atoms with E-state index >= 15 is 0 Å².